The Hall–Kier alpha value is -3.03. The minimum Gasteiger partial charge on any atom is -0.497 e. The van der Waals surface area contributed by atoms with Gasteiger partial charge in [0.1, 0.15) is 17.3 Å². The van der Waals surface area contributed by atoms with Crippen molar-refractivity contribution in [2.45, 2.75) is 69.9 Å². The maximum atomic E-state index is 12.7. The van der Waals surface area contributed by atoms with Crippen LogP contribution in [-0.4, -0.2) is 56.3 Å². The number of rotatable bonds is 8. The average Bonchev–Trinajstić information content (AvgIpc) is 2.84. The van der Waals surface area contributed by atoms with Crippen LogP contribution in [0.15, 0.2) is 18.2 Å². The average molecular weight is 468 g/mol. The zero-order valence-corrected chi connectivity index (χ0v) is 20.8. The highest BCUT2D eigenvalue weighted by Gasteiger charge is 2.25. The minimum atomic E-state index is 0.0281. The molecule has 1 heterocycles. The summed E-state index contributed by atoms with van der Waals surface area (Å²) < 4.78 is 10.6. The SMILES string of the molecule is COc1cc(CC(=O)N[C@H]2CC[C@@H](Nc3nc4c(c(N(C)C)n3)CCCC4)CC2)cc(OC)c1. The van der Waals surface area contributed by atoms with Crippen molar-refractivity contribution in [3.8, 4) is 11.5 Å². The van der Waals surface area contributed by atoms with Gasteiger partial charge < -0.3 is 25.0 Å². The van der Waals surface area contributed by atoms with Gasteiger partial charge >= 0.3 is 0 Å². The molecule has 1 fully saturated rings. The Morgan fingerprint density at radius 3 is 2.26 bits per heavy atom. The Bertz CT molecular complexity index is 980. The first-order valence-electron chi connectivity index (χ1n) is 12.3. The van der Waals surface area contributed by atoms with Crippen LogP contribution in [0.4, 0.5) is 11.8 Å². The molecular weight excluding hydrogens is 430 g/mol. The first kappa shape index (κ1) is 24.1. The quantitative estimate of drug-likeness (QED) is 0.614. The van der Waals surface area contributed by atoms with Gasteiger partial charge in [-0.3, -0.25) is 4.79 Å². The molecule has 2 aromatic rings. The largest absolute Gasteiger partial charge is 0.497 e. The lowest BCUT2D eigenvalue weighted by Crippen LogP contribution is -2.41. The van der Waals surface area contributed by atoms with E-state index in [1.54, 1.807) is 14.2 Å². The predicted octanol–water partition coefficient (Wildman–Crippen LogP) is 3.52. The van der Waals surface area contributed by atoms with Gasteiger partial charge in [-0.05, 0) is 69.1 Å². The summed E-state index contributed by atoms with van der Waals surface area (Å²) in [7, 11) is 7.33. The molecule has 2 N–H and O–H groups in total. The standard InChI is InChI=1S/C26H37N5O3/c1-31(2)25-22-7-5-6-8-23(22)29-26(30-25)28-19-11-9-18(10-12-19)27-24(32)15-17-13-20(33-3)16-21(14-17)34-4/h13-14,16,18-19H,5-12,15H2,1-4H3,(H,27,32)(H,28,29,30)/t18-,19+. The molecule has 184 valence electrons. The smallest absolute Gasteiger partial charge is 0.225 e. The number of anilines is 2. The van der Waals surface area contributed by atoms with Gasteiger partial charge in [-0.2, -0.15) is 4.98 Å². The van der Waals surface area contributed by atoms with Gasteiger partial charge in [0.05, 0.1) is 26.3 Å². The maximum absolute atomic E-state index is 12.7. The minimum absolute atomic E-state index is 0.0281. The Morgan fingerprint density at radius 1 is 0.971 bits per heavy atom. The van der Waals surface area contributed by atoms with E-state index >= 15 is 0 Å². The van der Waals surface area contributed by atoms with Gasteiger partial charge in [-0.1, -0.05) is 0 Å². The molecule has 4 rings (SSSR count). The van der Waals surface area contributed by atoms with Gasteiger partial charge in [-0.15, -0.1) is 0 Å². The fourth-order valence-corrected chi connectivity index (χ4v) is 5.01. The lowest BCUT2D eigenvalue weighted by atomic mass is 9.91. The van der Waals surface area contributed by atoms with Crippen LogP contribution in [-0.2, 0) is 24.1 Å². The van der Waals surface area contributed by atoms with Crippen molar-refractivity contribution in [2.24, 2.45) is 0 Å². The first-order chi connectivity index (χ1) is 16.4. The zero-order chi connectivity index (χ0) is 24.1. The summed E-state index contributed by atoms with van der Waals surface area (Å²) in [6.45, 7) is 0. The van der Waals surface area contributed by atoms with Crippen LogP contribution in [0.5, 0.6) is 11.5 Å². The van der Waals surface area contributed by atoms with E-state index in [2.05, 4.69) is 29.6 Å². The number of nitrogens with one attached hydrogen (secondary N) is 2. The number of hydrogen-bond donors (Lipinski definition) is 2. The molecule has 1 saturated carbocycles. The molecule has 34 heavy (non-hydrogen) atoms. The first-order valence-corrected chi connectivity index (χ1v) is 12.3. The molecule has 0 spiro atoms. The van der Waals surface area contributed by atoms with Crippen LogP contribution < -0.4 is 25.0 Å². The molecule has 8 heteroatoms. The summed E-state index contributed by atoms with van der Waals surface area (Å²) in [6.07, 6.45) is 8.66. The van der Waals surface area contributed by atoms with Gasteiger partial charge in [0.25, 0.3) is 0 Å². The fourth-order valence-electron chi connectivity index (χ4n) is 5.01. The molecular formula is C26H37N5O3. The highest BCUT2D eigenvalue weighted by molar-refractivity contribution is 5.79. The summed E-state index contributed by atoms with van der Waals surface area (Å²) in [5.41, 5.74) is 3.38. The van der Waals surface area contributed by atoms with Crippen LogP contribution in [0.25, 0.3) is 0 Å². The second-order valence-electron chi connectivity index (χ2n) is 9.56. The number of methoxy groups -OCH3 is 2. The third-order valence-electron chi connectivity index (χ3n) is 6.79. The number of amides is 1. The molecule has 1 aromatic heterocycles. The lowest BCUT2D eigenvalue weighted by molar-refractivity contribution is -0.121. The van der Waals surface area contributed by atoms with Crippen LogP contribution in [0.3, 0.4) is 0 Å². The summed E-state index contributed by atoms with van der Waals surface area (Å²) >= 11 is 0. The number of carbonyl (C=O) groups excluding carboxylic acids is 1. The molecule has 1 aromatic carbocycles. The van der Waals surface area contributed by atoms with Gasteiger partial charge in [0.2, 0.25) is 11.9 Å². The van der Waals surface area contributed by atoms with Crippen LogP contribution in [0.1, 0.15) is 55.3 Å². The Kier molecular flexibility index (Phi) is 7.75. The van der Waals surface area contributed by atoms with Crippen molar-refractivity contribution in [1.82, 2.24) is 15.3 Å². The topological polar surface area (TPSA) is 88.6 Å². The Labute approximate surface area is 202 Å². The van der Waals surface area contributed by atoms with E-state index in [4.69, 9.17) is 19.4 Å². The number of carbonyl (C=O) groups is 1. The normalized spacial score (nSPS) is 19.6. The lowest BCUT2D eigenvalue weighted by Gasteiger charge is -2.30. The van der Waals surface area contributed by atoms with Crippen molar-refractivity contribution >= 4 is 17.7 Å². The number of fused-ring (bicyclic) bond motifs is 1. The molecule has 1 amide bonds. The maximum Gasteiger partial charge on any atom is 0.225 e. The van der Waals surface area contributed by atoms with E-state index in [1.165, 1.54) is 24.1 Å². The highest BCUT2D eigenvalue weighted by atomic mass is 16.5. The van der Waals surface area contributed by atoms with Gasteiger partial charge in [0.15, 0.2) is 0 Å². The molecule has 2 aliphatic carbocycles. The van der Waals surface area contributed by atoms with Crippen molar-refractivity contribution in [3.05, 3.63) is 35.0 Å². The van der Waals surface area contributed by atoms with Crippen molar-refractivity contribution in [2.75, 3.05) is 38.5 Å². The fraction of sp³-hybridized carbons (Fsp3) is 0.577. The summed E-state index contributed by atoms with van der Waals surface area (Å²) in [4.78, 5) is 24.4. The van der Waals surface area contributed by atoms with Crippen LogP contribution in [0, 0.1) is 0 Å². The zero-order valence-electron chi connectivity index (χ0n) is 20.8. The molecule has 0 unspecified atom stereocenters. The second kappa shape index (κ2) is 10.9. The number of ether oxygens (including phenoxy) is 2. The monoisotopic (exact) mass is 467 g/mol. The Balaban J connectivity index is 1.30. The molecule has 0 aliphatic heterocycles. The molecule has 0 atom stereocenters. The highest BCUT2D eigenvalue weighted by Crippen LogP contribution is 2.29. The van der Waals surface area contributed by atoms with E-state index < -0.39 is 0 Å². The van der Waals surface area contributed by atoms with E-state index in [9.17, 15) is 4.79 Å². The van der Waals surface area contributed by atoms with E-state index in [1.807, 2.05) is 18.2 Å². The second-order valence-corrected chi connectivity index (χ2v) is 9.56. The predicted molar refractivity (Wildman–Crippen MR) is 134 cm³/mol. The van der Waals surface area contributed by atoms with E-state index in [0.717, 1.165) is 55.9 Å². The van der Waals surface area contributed by atoms with Crippen LogP contribution >= 0.6 is 0 Å². The van der Waals surface area contributed by atoms with Crippen molar-refractivity contribution in [1.29, 1.82) is 0 Å². The summed E-state index contributed by atoms with van der Waals surface area (Å²) in [5, 5.41) is 6.78. The number of aryl methyl sites for hydroxylation is 1. The molecule has 0 radical (unpaired) electrons. The van der Waals surface area contributed by atoms with E-state index in [0.29, 0.717) is 24.0 Å². The summed E-state index contributed by atoms with van der Waals surface area (Å²) in [5.74, 6) is 3.19. The van der Waals surface area contributed by atoms with Crippen molar-refractivity contribution < 1.29 is 14.3 Å². The number of benzene rings is 1. The van der Waals surface area contributed by atoms with Gasteiger partial charge in [-0.25, -0.2) is 4.98 Å². The van der Waals surface area contributed by atoms with Gasteiger partial charge in [0, 0.05) is 37.8 Å². The molecule has 2 aliphatic rings. The van der Waals surface area contributed by atoms with E-state index in [-0.39, 0.29) is 11.9 Å². The Morgan fingerprint density at radius 2 is 1.62 bits per heavy atom. The van der Waals surface area contributed by atoms with Crippen LogP contribution in [0.2, 0.25) is 0 Å². The van der Waals surface area contributed by atoms with Crippen molar-refractivity contribution in [3.63, 3.8) is 0 Å². The molecule has 8 nitrogen and oxygen atoms in total. The number of hydrogen-bond acceptors (Lipinski definition) is 7. The molecule has 0 bridgehead atoms. The number of aromatic nitrogens is 2. The summed E-state index contributed by atoms with van der Waals surface area (Å²) in [6, 6.07) is 6.09. The molecule has 0 saturated heterocycles. The number of nitrogens with zero attached hydrogens (tertiary/aromatic N) is 3. The third-order valence-corrected chi connectivity index (χ3v) is 6.79. The third kappa shape index (κ3) is 5.90.